The molecule has 0 aliphatic rings. The molecule has 0 atom stereocenters. The molecule has 16 heavy (non-hydrogen) atoms. The summed E-state index contributed by atoms with van der Waals surface area (Å²) in [5.74, 6) is -0.749. The second kappa shape index (κ2) is 6.00. The third-order valence-electron chi connectivity index (χ3n) is 1.96. The number of ether oxygens (including phenoxy) is 1. The van der Waals surface area contributed by atoms with Gasteiger partial charge in [-0.2, -0.15) is 0 Å². The normalized spacial score (nSPS) is 9.94. The lowest BCUT2D eigenvalue weighted by Crippen LogP contribution is -2.28. The lowest BCUT2D eigenvalue weighted by atomic mass is 10.3. The van der Waals surface area contributed by atoms with E-state index in [-0.39, 0.29) is 12.3 Å². The Kier molecular flexibility index (Phi) is 4.95. The van der Waals surface area contributed by atoms with E-state index in [0.29, 0.717) is 6.54 Å². The number of carbonyl (C=O) groups excluding carboxylic acids is 2. The van der Waals surface area contributed by atoms with E-state index < -0.39 is 5.97 Å². The fraction of sp³-hybridized carbons (Fsp3) is 0.400. The maximum Gasteiger partial charge on any atom is 0.315 e. The molecular weight excluding hydrogens is 294 g/mol. The number of hydrogen-bond donors (Lipinski definition) is 0. The molecule has 0 saturated carbocycles. The summed E-state index contributed by atoms with van der Waals surface area (Å²) in [6, 6.07) is 1.95. The molecule has 88 valence electrons. The zero-order chi connectivity index (χ0) is 12.1. The van der Waals surface area contributed by atoms with Gasteiger partial charge in [-0.3, -0.25) is 9.59 Å². The van der Waals surface area contributed by atoms with E-state index in [4.69, 9.17) is 0 Å². The molecule has 1 rings (SSSR count). The molecule has 0 fully saturated rings. The minimum Gasteiger partial charge on any atom is -0.469 e. The summed E-state index contributed by atoms with van der Waals surface area (Å²) < 4.78 is 5.44. The van der Waals surface area contributed by atoms with Crippen LogP contribution in [0, 0.1) is 0 Å². The van der Waals surface area contributed by atoms with E-state index in [9.17, 15) is 9.59 Å². The van der Waals surface area contributed by atoms with E-state index in [2.05, 4.69) is 20.7 Å². The zero-order valence-electron chi connectivity index (χ0n) is 9.03. The highest BCUT2D eigenvalue weighted by molar-refractivity contribution is 9.10. The van der Waals surface area contributed by atoms with Gasteiger partial charge in [-0.1, -0.05) is 0 Å². The monoisotopic (exact) mass is 305 g/mol. The van der Waals surface area contributed by atoms with Crippen molar-refractivity contribution < 1.29 is 14.3 Å². The van der Waals surface area contributed by atoms with E-state index in [1.165, 1.54) is 12.0 Å². The summed E-state index contributed by atoms with van der Waals surface area (Å²) in [5, 5.41) is 1.95. The number of amides is 1. The van der Waals surface area contributed by atoms with Crippen LogP contribution in [-0.2, 0) is 20.9 Å². The Hall–Kier alpha value is -0.880. The largest absolute Gasteiger partial charge is 0.469 e. The fourth-order valence-corrected chi connectivity index (χ4v) is 2.59. The Balaban J connectivity index is 2.48. The maximum absolute atomic E-state index is 11.5. The van der Waals surface area contributed by atoms with Gasteiger partial charge in [0.2, 0.25) is 5.91 Å². The molecule has 1 aromatic heterocycles. The zero-order valence-corrected chi connectivity index (χ0v) is 11.4. The molecular formula is C10H12BrNO3S. The summed E-state index contributed by atoms with van der Waals surface area (Å²) >= 11 is 4.91. The molecule has 0 bridgehead atoms. The standard InChI is InChI=1S/C10H12BrNO3S/c1-12(9(13)4-10(14)15-2)5-8-3-7(11)6-16-8/h3,6H,4-5H2,1-2H3. The predicted molar refractivity (Wildman–Crippen MR) is 65.1 cm³/mol. The van der Waals surface area contributed by atoms with Gasteiger partial charge >= 0.3 is 5.97 Å². The van der Waals surface area contributed by atoms with Gasteiger partial charge in [0.15, 0.2) is 0 Å². The van der Waals surface area contributed by atoms with Crippen molar-refractivity contribution in [3.63, 3.8) is 0 Å². The number of nitrogens with zero attached hydrogens (tertiary/aromatic N) is 1. The Morgan fingerprint density at radius 2 is 2.25 bits per heavy atom. The third kappa shape index (κ3) is 3.94. The van der Waals surface area contributed by atoms with Crippen LogP contribution in [0.25, 0.3) is 0 Å². The van der Waals surface area contributed by atoms with Gasteiger partial charge in [0.05, 0.1) is 13.7 Å². The highest BCUT2D eigenvalue weighted by Crippen LogP contribution is 2.20. The van der Waals surface area contributed by atoms with Crippen molar-refractivity contribution in [2.75, 3.05) is 14.2 Å². The number of rotatable bonds is 4. The van der Waals surface area contributed by atoms with Crippen LogP contribution in [0.5, 0.6) is 0 Å². The van der Waals surface area contributed by atoms with Crippen molar-refractivity contribution in [1.29, 1.82) is 0 Å². The van der Waals surface area contributed by atoms with Crippen molar-refractivity contribution >= 4 is 39.1 Å². The summed E-state index contributed by atoms with van der Waals surface area (Å²) in [5.41, 5.74) is 0. The highest BCUT2D eigenvalue weighted by Gasteiger charge is 2.14. The molecule has 0 N–H and O–H groups in total. The average molecular weight is 306 g/mol. The number of hydrogen-bond acceptors (Lipinski definition) is 4. The molecule has 0 saturated heterocycles. The first-order valence-electron chi connectivity index (χ1n) is 4.56. The number of carbonyl (C=O) groups is 2. The first kappa shape index (κ1) is 13.2. The molecule has 0 unspecified atom stereocenters. The fourth-order valence-electron chi connectivity index (χ4n) is 1.09. The number of thiophene rings is 1. The van der Waals surface area contributed by atoms with Crippen molar-refractivity contribution in [2.45, 2.75) is 13.0 Å². The summed E-state index contributed by atoms with van der Waals surface area (Å²) in [6.07, 6.45) is -0.209. The molecule has 0 spiro atoms. The maximum atomic E-state index is 11.5. The molecule has 0 aliphatic carbocycles. The minimum atomic E-state index is -0.510. The first-order chi connectivity index (χ1) is 7.52. The van der Waals surface area contributed by atoms with Crippen molar-refractivity contribution in [2.24, 2.45) is 0 Å². The summed E-state index contributed by atoms with van der Waals surface area (Å²) in [4.78, 5) is 25.0. The van der Waals surface area contributed by atoms with Gasteiger partial charge < -0.3 is 9.64 Å². The quantitative estimate of drug-likeness (QED) is 0.632. The van der Waals surface area contributed by atoms with E-state index in [0.717, 1.165) is 9.35 Å². The van der Waals surface area contributed by atoms with Crippen molar-refractivity contribution in [3.8, 4) is 0 Å². The van der Waals surface area contributed by atoms with Crippen LogP contribution in [0.3, 0.4) is 0 Å². The Morgan fingerprint density at radius 1 is 1.56 bits per heavy atom. The van der Waals surface area contributed by atoms with Crippen LogP contribution in [0.4, 0.5) is 0 Å². The molecule has 0 aromatic carbocycles. The van der Waals surface area contributed by atoms with Crippen LogP contribution in [-0.4, -0.2) is 30.9 Å². The molecule has 1 aromatic rings. The Bertz CT molecular complexity index is 391. The van der Waals surface area contributed by atoms with Crippen LogP contribution in [0.15, 0.2) is 15.9 Å². The van der Waals surface area contributed by atoms with E-state index in [1.807, 2.05) is 11.4 Å². The lowest BCUT2D eigenvalue weighted by molar-refractivity contribution is -0.146. The van der Waals surface area contributed by atoms with Crippen LogP contribution < -0.4 is 0 Å². The molecule has 0 aliphatic heterocycles. The van der Waals surface area contributed by atoms with Crippen LogP contribution in [0.2, 0.25) is 0 Å². The molecule has 0 radical (unpaired) electrons. The molecule has 6 heteroatoms. The van der Waals surface area contributed by atoms with Gasteiger partial charge in [0, 0.05) is 21.8 Å². The van der Waals surface area contributed by atoms with Gasteiger partial charge in [-0.15, -0.1) is 11.3 Å². The van der Waals surface area contributed by atoms with E-state index >= 15 is 0 Å². The minimum absolute atomic E-state index is 0.209. The molecule has 4 nitrogen and oxygen atoms in total. The first-order valence-corrected chi connectivity index (χ1v) is 6.24. The molecule has 1 heterocycles. The van der Waals surface area contributed by atoms with Crippen LogP contribution >= 0.6 is 27.3 Å². The predicted octanol–water partition coefficient (Wildman–Crippen LogP) is 2.03. The van der Waals surface area contributed by atoms with E-state index in [1.54, 1.807) is 18.4 Å². The van der Waals surface area contributed by atoms with Crippen molar-refractivity contribution in [1.82, 2.24) is 4.90 Å². The van der Waals surface area contributed by atoms with Gasteiger partial charge in [0.25, 0.3) is 0 Å². The Labute approximate surface area is 106 Å². The molecule has 1 amide bonds. The van der Waals surface area contributed by atoms with Crippen LogP contribution in [0.1, 0.15) is 11.3 Å². The van der Waals surface area contributed by atoms with Gasteiger partial charge in [-0.25, -0.2) is 0 Å². The lowest BCUT2D eigenvalue weighted by Gasteiger charge is -2.15. The SMILES string of the molecule is COC(=O)CC(=O)N(C)Cc1cc(Br)cs1. The highest BCUT2D eigenvalue weighted by atomic mass is 79.9. The number of halogens is 1. The third-order valence-corrected chi connectivity index (χ3v) is 3.65. The smallest absolute Gasteiger partial charge is 0.315 e. The second-order valence-corrected chi connectivity index (χ2v) is 5.15. The van der Waals surface area contributed by atoms with Gasteiger partial charge in [0.1, 0.15) is 6.42 Å². The number of methoxy groups -OCH3 is 1. The average Bonchev–Trinajstić information content (AvgIpc) is 2.63. The Morgan fingerprint density at radius 3 is 2.75 bits per heavy atom. The summed E-state index contributed by atoms with van der Waals surface area (Å²) in [6.45, 7) is 0.506. The topological polar surface area (TPSA) is 46.6 Å². The number of esters is 1. The summed E-state index contributed by atoms with van der Waals surface area (Å²) in [7, 11) is 2.94. The van der Waals surface area contributed by atoms with Crippen molar-refractivity contribution in [3.05, 3.63) is 20.8 Å². The van der Waals surface area contributed by atoms with Gasteiger partial charge in [-0.05, 0) is 22.0 Å². The second-order valence-electron chi connectivity index (χ2n) is 3.23.